The Balaban J connectivity index is 1.56. The largest absolute Gasteiger partial charge is 0.385 e. The van der Waals surface area contributed by atoms with Crippen LogP contribution in [-0.2, 0) is 9.84 Å². The number of sulfone groups is 1. The monoisotopic (exact) mass is 386 g/mol. The summed E-state index contributed by atoms with van der Waals surface area (Å²) in [7, 11) is -3.15. The van der Waals surface area contributed by atoms with E-state index in [1.54, 1.807) is 12.1 Å². The SMILES string of the molecule is CCCC(CCNc1ccc(S(C)(=O)=O)cc1)Nc1ccc2[nH]ncc2c1. The molecule has 0 fully saturated rings. The van der Waals surface area contributed by atoms with E-state index in [0.717, 1.165) is 48.1 Å². The van der Waals surface area contributed by atoms with Crippen LogP contribution in [0.4, 0.5) is 11.4 Å². The van der Waals surface area contributed by atoms with Crippen molar-refractivity contribution in [1.82, 2.24) is 10.2 Å². The molecule has 0 bridgehead atoms. The van der Waals surface area contributed by atoms with Crippen molar-refractivity contribution in [1.29, 1.82) is 0 Å². The van der Waals surface area contributed by atoms with Crippen molar-refractivity contribution < 1.29 is 8.42 Å². The highest BCUT2D eigenvalue weighted by molar-refractivity contribution is 7.90. The van der Waals surface area contributed by atoms with Crippen molar-refractivity contribution in [2.75, 3.05) is 23.4 Å². The van der Waals surface area contributed by atoms with Gasteiger partial charge in [0.25, 0.3) is 0 Å². The molecule has 3 rings (SSSR count). The maximum atomic E-state index is 11.5. The number of hydrogen-bond acceptors (Lipinski definition) is 5. The van der Waals surface area contributed by atoms with Gasteiger partial charge in [0.05, 0.1) is 16.6 Å². The van der Waals surface area contributed by atoms with Gasteiger partial charge in [0.2, 0.25) is 0 Å². The molecule has 0 aliphatic carbocycles. The minimum atomic E-state index is -3.15. The third-order valence-corrected chi connectivity index (χ3v) is 5.68. The number of nitrogens with zero attached hydrogens (tertiary/aromatic N) is 1. The summed E-state index contributed by atoms with van der Waals surface area (Å²) in [5.41, 5.74) is 3.06. The number of aromatic amines is 1. The zero-order valence-corrected chi connectivity index (χ0v) is 16.5. The number of hydrogen-bond donors (Lipinski definition) is 3. The Hall–Kier alpha value is -2.54. The first-order chi connectivity index (χ1) is 13.0. The zero-order chi connectivity index (χ0) is 19.3. The molecule has 0 aliphatic heterocycles. The van der Waals surface area contributed by atoms with Crippen LogP contribution in [0.25, 0.3) is 10.9 Å². The fraction of sp³-hybridized carbons (Fsp3) is 0.350. The second-order valence-electron chi connectivity index (χ2n) is 6.81. The highest BCUT2D eigenvalue weighted by Gasteiger charge is 2.09. The predicted molar refractivity (Wildman–Crippen MR) is 111 cm³/mol. The van der Waals surface area contributed by atoms with E-state index in [1.807, 2.05) is 24.4 Å². The van der Waals surface area contributed by atoms with Crippen LogP contribution < -0.4 is 10.6 Å². The maximum absolute atomic E-state index is 11.5. The average Bonchev–Trinajstić information content (AvgIpc) is 3.09. The van der Waals surface area contributed by atoms with Gasteiger partial charge in [-0.2, -0.15) is 5.10 Å². The van der Waals surface area contributed by atoms with Crippen molar-refractivity contribution in [3.05, 3.63) is 48.7 Å². The maximum Gasteiger partial charge on any atom is 0.175 e. The average molecular weight is 387 g/mol. The predicted octanol–water partition coefficient (Wildman–Crippen LogP) is 4.05. The molecule has 1 heterocycles. The van der Waals surface area contributed by atoms with Crippen LogP contribution in [0.1, 0.15) is 26.2 Å². The van der Waals surface area contributed by atoms with Crippen molar-refractivity contribution >= 4 is 32.1 Å². The minimum absolute atomic E-state index is 0.341. The molecule has 6 nitrogen and oxygen atoms in total. The number of aromatic nitrogens is 2. The van der Waals surface area contributed by atoms with Gasteiger partial charge in [-0.15, -0.1) is 0 Å². The standard InChI is InChI=1S/C20H26N4O2S/c1-3-4-17(23-18-7-10-20-15(13-18)14-22-24-20)11-12-21-16-5-8-19(9-6-16)27(2,25)26/h5-10,13-14,17,21,23H,3-4,11-12H2,1-2H3,(H,22,24). The van der Waals surface area contributed by atoms with Crippen LogP contribution >= 0.6 is 0 Å². The second kappa shape index (κ2) is 8.43. The van der Waals surface area contributed by atoms with Crippen molar-refractivity contribution in [3.8, 4) is 0 Å². The Morgan fingerprint density at radius 3 is 2.52 bits per heavy atom. The highest BCUT2D eigenvalue weighted by atomic mass is 32.2. The van der Waals surface area contributed by atoms with Crippen LogP contribution in [0.5, 0.6) is 0 Å². The normalized spacial score (nSPS) is 12.8. The first-order valence-corrected chi connectivity index (χ1v) is 11.1. The van der Waals surface area contributed by atoms with Crippen molar-refractivity contribution in [3.63, 3.8) is 0 Å². The number of H-pyrrole nitrogens is 1. The smallest absolute Gasteiger partial charge is 0.175 e. The van der Waals surface area contributed by atoms with Crippen LogP contribution in [0.2, 0.25) is 0 Å². The van der Waals surface area contributed by atoms with Gasteiger partial charge >= 0.3 is 0 Å². The van der Waals surface area contributed by atoms with Gasteiger partial charge in [-0.25, -0.2) is 8.42 Å². The molecule has 0 aliphatic rings. The topological polar surface area (TPSA) is 86.9 Å². The van der Waals surface area contributed by atoms with Gasteiger partial charge < -0.3 is 10.6 Å². The van der Waals surface area contributed by atoms with E-state index in [1.165, 1.54) is 6.26 Å². The van der Waals surface area contributed by atoms with E-state index in [2.05, 4.69) is 39.9 Å². The van der Waals surface area contributed by atoms with Crippen molar-refractivity contribution in [2.24, 2.45) is 0 Å². The Morgan fingerprint density at radius 2 is 1.81 bits per heavy atom. The third kappa shape index (κ3) is 5.23. The summed E-state index contributed by atoms with van der Waals surface area (Å²) in [5.74, 6) is 0. The molecule has 1 aromatic heterocycles. The molecule has 0 saturated carbocycles. The van der Waals surface area contributed by atoms with E-state index in [9.17, 15) is 8.42 Å². The Labute approximate surface area is 160 Å². The van der Waals surface area contributed by atoms with Gasteiger partial charge in [0, 0.05) is 35.6 Å². The fourth-order valence-electron chi connectivity index (χ4n) is 3.12. The van der Waals surface area contributed by atoms with Crippen LogP contribution in [0.15, 0.2) is 53.6 Å². The number of nitrogens with one attached hydrogen (secondary N) is 3. The molecule has 0 spiro atoms. The first-order valence-electron chi connectivity index (χ1n) is 9.19. The summed E-state index contributed by atoms with van der Waals surface area (Å²) in [6, 6.07) is 13.5. The fourth-order valence-corrected chi connectivity index (χ4v) is 3.75. The molecule has 27 heavy (non-hydrogen) atoms. The molecule has 0 saturated heterocycles. The van der Waals surface area contributed by atoms with Gasteiger partial charge in [-0.3, -0.25) is 5.10 Å². The van der Waals surface area contributed by atoms with Crippen LogP contribution in [0.3, 0.4) is 0 Å². The molecule has 1 unspecified atom stereocenters. The summed E-state index contributed by atoms with van der Waals surface area (Å²) in [6.45, 7) is 3.00. The minimum Gasteiger partial charge on any atom is -0.385 e. The van der Waals surface area contributed by atoms with Gasteiger partial charge in [0.1, 0.15) is 0 Å². The van der Waals surface area contributed by atoms with Crippen LogP contribution in [-0.4, -0.2) is 37.5 Å². The number of rotatable bonds is 9. The Bertz CT molecular complexity index is 981. The van der Waals surface area contributed by atoms with Gasteiger partial charge in [0.15, 0.2) is 9.84 Å². The summed E-state index contributed by atoms with van der Waals surface area (Å²) in [5, 5.41) is 15.1. The summed E-state index contributed by atoms with van der Waals surface area (Å²) in [4.78, 5) is 0.341. The van der Waals surface area contributed by atoms with E-state index < -0.39 is 9.84 Å². The first kappa shape index (κ1) is 19.2. The molecule has 2 aromatic carbocycles. The van der Waals surface area contributed by atoms with Gasteiger partial charge in [-0.1, -0.05) is 13.3 Å². The molecule has 144 valence electrons. The molecule has 3 N–H and O–H groups in total. The van der Waals surface area contributed by atoms with E-state index in [-0.39, 0.29) is 0 Å². The molecule has 0 radical (unpaired) electrons. The second-order valence-corrected chi connectivity index (χ2v) is 8.83. The molecular formula is C20H26N4O2S. The Morgan fingerprint density at radius 1 is 1.07 bits per heavy atom. The molecule has 3 aromatic rings. The number of benzene rings is 2. The van der Waals surface area contributed by atoms with E-state index in [0.29, 0.717) is 10.9 Å². The lowest BCUT2D eigenvalue weighted by Crippen LogP contribution is -2.22. The third-order valence-electron chi connectivity index (χ3n) is 4.55. The van der Waals surface area contributed by atoms with Gasteiger partial charge in [-0.05, 0) is 55.3 Å². The summed E-state index contributed by atoms with van der Waals surface area (Å²) < 4.78 is 23.0. The lowest BCUT2D eigenvalue weighted by Gasteiger charge is -2.20. The highest BCUT2D eigenvalue weighted by Crippen LogP contribution is 2.20. The summed E-state index contributed by atoms with van der Waals surface area (Å²) >= 11 is 0. The molecular weight excluding hydrogens is 360 g/mol. The lowest BCUT2D eigenvalue weighted by atomic mass is 10.1. The quantitative estimate of drug-likeness (QED) is 0.516. The van der Waals surface area contributed by atoms with E-state index in [4.69, 9.17) is 0 Å². The lowest BCUT2D eigenvalue weighted by molar-refractivity contribution is 0.602. The van der Waals surface area contributed by atoms with E-state index >= 15 is 0 Å². The number of fused-ring (bicyclic) bond motifs is 1. The molecule has 1 atom stereocenters. The molecule has 0 amide bonds. The Kier molecular flexibility index (Phi) is 6.01. The van der Waals surface area contributed by atoms with Crippen molar-refractivity contribution in [2.45, 2.75) is 37.1 Å². The number of anilines is 2. The van der Waals surface area contributed by atoms with Crippen LogP contribution in [0, 0.1) is 0 Å². The zero-order valence-electron chi connectivity index (χ0n) is 15.7. The summed E-state index contributed by atoms with van der Waals surface area (Å²) in [6.07, 6.45) is 6.20. The molecule has 7 heteroatoms.